The summed E-state index contributed by atoms with van der Waals surface area (Å²) < 4.78 is 5.06. The Morgan fingerprint density at radius 2 is 1.91 bits per heavy atom. The van der Waals surface area contributed by atoms with Gasteiger partial charge in [0, 0.05) is 22.6 Å². The Kier molecular flexibility index (Phi) is 5.43. The molecule has 7 heteroatoms. The molecule has 0 spiro atoms. The number of amides is 1. The summed E-state index contributed by atoms with van der Waals surface area (Å²) in [6.45, 7) is 0.350. The first-order chi connectivity index (χ1) is 10.5. The van der Waals surface area contributed by atoms with Gasteiger partial charge in [0.2, 0.25) is 0 Å². The van der Waals surface area contributed by atoms with Crippen LogP contribution in [-0.2, 0) is 6.54 Å². The molecule has 0 saturated carbocycles. The molecule has 2 aromatic carbocycles. The lowest BCUT2D eigenvalue weighted by Gasteiger charge is -2.09. The van der Waals surface area contributed by atoms with Gasteiger partial charge in [-0.15, -0.1) is 0 Å². The third-order valence-electron chi connectivity index (χ3n) is 3.15. The second-order valence-corrected chi connectivity index (χ2v) is 5.05. The molecule has 0 fully saturated rings. The lowest BCUT2D eigenvalue weighted by atomic mass is 9.79. The van der Waals surface area contributed by atoms with Crippen LogP contribution < -0.4 is 15.5 Å². The fraction of sp³-hybridized carbons (Fsp3) is 0.133. The second-order valence-electron chi connectivity index (χ2n) is 4.64. The van der Waals surface area contributed by atoms with E-state index >= 15 is 0 Å². The van der Waals surface area contributed by atoms with Crippen molar-refractivity contribution in [2.24, 2.45) is 0 Å². The molecule has 0 aliphatic carbocycles. The van der Waals surface area contributed by atoms with Crippen LogP contribution in [0.3, 0.4) is 0 Å². The van der Waals surface area contributed by atoms with Crippen LogP contribution in [0.4, 0.5) is 0 Å². The highest BCUT2D eigenvalue weighted by Crippen LogP contribution is 2.12. The van der Waals surface area contributed by atoms with Crippen LogP contribution in [0.25, 0.3) is 0 Å². The summed E-state index contributed by atoms with van der Waals surface area (Å²) in [5.41, 5.74) is 1.32. The molecule has 2 rings (SSSR count). The molecule has 0 aliphatic rings. The Bertz CT molecular complexity index is 661. The maximum Gasteiger partial charge on any atom is 0.489 e. The number of benzene rings is 2. The van der Waals surface area contributed by atoms with Crippen molar-refractivity contribution in [3.8, 4) is 5.75 Å². The van der Waals surface area contributed by atoms with E-state index in [1.807, 2.05) is 24.3 Å². The minimum Gasteiger partial charge on any atom is -0.497 e. The van der Waals surface area contributed by atoms with Crippen molar-refractivity contribution in [1.82, 2.24) is 5.32 Å². The van der Waals surface area contributed by atoms with Gasteiger partial charge in [0.25, 0.3) is 5.91 Å². The van der Waals surface area contributed by atoms with E-state index in [9.17, 15) is 14.8 Å². The standard InChI is InChI=1S/C15H15BClNO4/c1-22-12-5-2-10(3-6-12)9-18-15(19)11-4-7-14(17)13(8-11)16(20)21/h2-8,20-21H,9H2,1H3,(H,18,19). The Labute approximate surface area is 133 Å². The molecule has 5 nitrogen and oxygen atoms in total. The summed E-state index contributed by atoms with van der Waals surface area (Å²) >= 11 is 5.83. The number of methoxy groups -OCH3 is 1. The highest BCUT2D eigenvalue weighted by atomic mass is 35.5. The molecule has 0 saturated heterocycles. The van der Waals surface area contributed by atoms with Crippen molar-refractivity contribution in [3.05, 3.63) is 58.6 Å². The Morgan fingerprint density at radius 3 is 2.50 bits per heavy atom. The van der Waals surface area contributed by atoms with Crippen LogP contribution in [0.2, 0.25) is 5.02 Å². The number of carbonyl (C=O) groups excluding carboxylic acids is 1. The van der Waals surface area contributed by atoms with E-state index in [0.717, 1.165) is 11.3 Å². The number of nitrogens with one attached hydrogen (secondary N) is 1. The van der Waals surface area contributed by atoms with Gasteiger partial charge in [-0.05, 0) is 35.9 Å². The Morgan fingerprint density at radius 1 is 1.23 bits per heavy atom. The number of rotatable bonds is 5. The van der Waals surface area contributed by atoms with Gasteiger partial charge >= 0.3 is 7.12 Å². The van der Waals surface area contributed by atoms with Crippen LogP contribution in [0.15, 0.2) is 42.5 Å². The average Bonchev–Trinajstić information content (AvgIpc) is 2.53. The van der Waals surface area contributed by atoms with Crippen LogP contribution in [-0.4, -0.2) is 30.2 Å². The monoisotopic (exact) mass is 319 g/mol. The molecule has 3 N–H and O–H groups in total. The van der Waals surface area contributed by atoms with Crippen LogP contribution in [0, 0.1) is 0 Å². The summed E-state index contributed by atoms with van der Waals surface area (Å²) in [4.78, 5) is 12.1. The SMILES string of the molecule is COc1ccc(CNC(=O)c2ccc(Cl)c(B(O)O)c2)cc1. The topological polar surface area (TPSA) is 78.8 Å². The quantitative estimate of drug-likeness (QED) is 0.717. The van der Waals surface area contributed by atoms with E-state index in [4.69, 9.17) is 16.3 Å². The zero-order valence-corrected chi connectivity index (χ0v) is 12.7. The largest absolute Gasteiger partial charge is 0.497 e. The van der Waals surface area contributed by atoms with E-state index in [1.165, 1.54) is 18.2 Å². The van der Waals surface area contributed by atoms with Gasteiger partial charge in [-0.1, -0.05) is 23.7 Å². The summed E-state index contributed by atoms with van der Waals surface area (Å²) in [6.07, 6.45) is 0. The Balaban J connectivity index is 2.04. The van der Waals surface area contributed by atoms with Gasteiger partial charge in [-0.25, -0.2) is 0 Å². The van der Waals surface area contributed by atoms with Gasteiger partial charge in [0.1, 0.15) is 5.75 Å². The molecule has 0 atom stereocenters. The molecule has 0 aliphatic heterocycles. The minimum absolute atomic E-state index is 0.0961. The maximum atomic E-state index is 12.1. The lowest BCUT2D eigenvalue weighted by molar-refractivity contribution is 0.0951. The zero-order valence-electron chi connectivity index (χ0n) is 11.9. The van der Waals surface area contributed by atoms with E-state index in [0.29, 0.717) is 12.1 Å². The fourth-order valence-electron chi connectivity index (χ4n) is 1.91. The van der Waals surface area contributed by atoms with Gasteiger partial charge in [-0.3, -0.25) is 4.79 Å². The van der Waals surface area contributed by atoms with Crippen molar-refractivity contribution < 1.29 is 19.6 Å². The molecule has 0 bridgehead atoms. The van der Waals surface area contributed by atoms with E-state index in [-0.39, 0.29) is 16.4 Å². The first kappa shape index (κ1) is 16.4. The van der Waals surface area contributed by atoms with Gasteiger partial charge in [0.05, 0.1) is 7.11 Å². The summed E-state index contributed by atoms with van der Waals surface area (Å²) in [6, 6.07) is 11.7. The zero-order chi connectivity index (χ0) is 16.1. The predicted molar refractivity (Wildman–Crippen MR) is 85.4 cm³/mol. The minimum atomic E-state index is -1.72. The van der Waals surface area contributed by atoms with Crippen molar-refractivity contribution in [1.29, 1.82) is 0 Å². The molecule has 0 unspecified atom stereocenters. The molecule has 114 valence electrons. The number of hydrogen-bond acceptors (Lipinski definition) is 4. The number of carbonyl (C=O) groups is 1. The lowest BCUT2D eigenvalue weighted by Crippen LogP contribution is -2.32. The van der Waals surface area contributed by atoms with Crippen molar-refractivity contribution in [2.75, 3.05) is 7.11 Å². The third-order valence-corrected chi connectivity index (χ3v) is 3.49. The van der Waals surface area contributed by atoms with Crippen LogP contribution in [0.1, 0.15) is 15.9 Å². The first-order valence-corrected chi connectivity index (χ1v) is 6.96. The summed E-state index contributed by atoms with van der Waals surface area (Å²) in [5.74, 6) is 0.420. The van der Waals surface area contributed by atoms with Crippen LogP contribution >= 0.6 is 11.6 Å². The van der Waals surface area contributed by atoms with Gasteiger partial charge < -0.3 is 20.1 Å². The molecule has 0 radical (unpaired) electrons. The smallest absolute Gasteiger partial charge is 0.489 e. The molecular weight excluding hydrogens is 304 g/mol. The molecular formula is C15H15BClNO4. The van der Waals surface area contributed by atoms with Gasteiger partial charge in [0.15, 0.2) is 0 Å². The van der Waals surface area contributed by atoms with Crippen molar-refractivity contribution in [3.63, 3.8) is 0 Å². The van der Waals surface area contributed by atoms with E-state index in [2.05, 4.69) is 5.32 Å². The molecule has 1 amide bonds. The van der Waals surface area contributed by atoms with Gasteiger partial charge in [-0.2, -0.15) is 0 Å². The molecule has 22 heavy (non-hydrogen) atoms. The predicted octanol–water partition coefficient (Wildman–Crippen LogP) is 0.958. The van der Waals surface area contributed by atoms with Crippen molar-refractivity contribution in [2.45, 2.75) is 6.54 Å². The molecule has 0 aromatic heterocycles. The summed E-state index contributed by atoms with van der Waals surface area (Å²) in [7, 11) is -0.133. The van der Waals surface area contributed by atoms with Crippen molar-refractivity contribution >= 4 is 30.1 Å². The molecule has 2 aromatic rings. The number of hydrogen-bond donors (Lipinski definition) is 3. The normalized spacial score (nSPS) is 10.2. The highest BCUT2D eigenvalue weighted by molar-refractivity contribution is 6.62. The maximum absolute atomic E-state index is 12.1. The average molecular weight is 320 g/mol. The number of halogens is 1. The highest BCUT2D eigenvalue weighted by Gasteiger charge is 2.17. The second kappa shape index (κ2) is 7.31. The molecule has 0 heterocycles. The third kappa shape index (κ3) is 4.01. The number of ether oxygens (including phenoxy) is 1. The van der Waals surface area contributed by atoms with E-state index < -0.39 is 7.12 Å². The Hall–Kier alpha value is -2.02. The van der Waals surface area contributed by atoms with E-state index in [1.54, 1.807) is 7.11 Å². The van der Waals surface area contributed by atoms with Crippen LogP contribution in [0.5, 0.6) is 5.75 Å². The summed E-state index contributed by atoms with van der Waals surface area (Å²) in [5, 5.41) is 21.3. The fourth-order valence-corrected chi connectivity index (χ4v) is 2.13. The first-order valence-electron chi connectivity index (χ1n) is 6.58.